The number of nitrogens with one attached hydrogen (secondary N) is 1. The molecule has 3 aromatic rings. The largest absolute Gasteiger partial charge is 0.415 e. The number of aromatic nitrogens is 2. The van der Waals surface area contributed by atoms with Gasteiger partial charge in [0.25, 0.3) is 5.22 Å². The Bertz CT molecular complexity index is 1130. The molecule has 29 heavy (non-hydrogen) atoms. The summed E-state index contributed by atoms with van der Waals surface area (Å²) in [5, 5.41) is 10.1. The molecule has 1 heterocycles. The fourth-order valence-corrected chi connectivity index (χ4v) is 4.25. The third kappa shape index (κ3) is 5.61. The van der Waals surface area contributed by atoms with Crippen molar-refractivity contribution in [3.63, 3.8) is 0 Å². The van der Waals surface area contributed by atoms with Crippen molar-refractivity contribution in [1.29, 1.82) is 0 Å². The second-order valence-corrected chi connectivity index (χ2v) is 8.87. The number of rotatable bonds is 7. The summed E-state index contributed by atoms with van der Waals surface area (Å²) in [5.41, 5.74) is 0.726. The van der Waals surface area contributed by atoms with Crippen molar-refractivity contribution >= 4 is 33.2 Å². The molecule has 0 bridgehead atoms. The first kappa shape index (κ1) is 20.9. The van der Waals surface area contributed by atoms with Crippen molar-refractivity contribution in [3.8, 4) is 0 Å². The van der Waals surface area contributed by atoms with E-state index in [4.69, 9.17) is 4.42 Å². The van der Waals surface area contributed by atoms with E-state index >= 15 is 0 Å². The van der Waals surface area contributed by atoms with E-state index in [2.05, 4.69) is 15.5 Å². The Morgan fingerprint density at radius 1 is 1.14 bits per heavy atom. The fourth-order valence-electron chi connectivity index (χ4n) is 2.33. The molecular weight excluding hydrogens is 424 g/mol. The van der Waals surface area contributed by atoms with Crippen LogP contribution in [0.15, 0.2) is 57.0 Å². The summed E-state index contributed by atoms with van der Waals surface area (Å²) >= 11 is 1.01. The second kappa shape index (κ2) is 8.70. The van der Waals surface area contributed by atoms with Crippen molar-refractivity contribution in [3.05, 3.63) is 65.6 Å². The van der Waals surface area contributed by atoms with Gasteiger partial charge >= 0.3 is 0 Å². The van der Waals surface area contributed by atoms with Crippen LogP contribution in [0.1, 0.15) is 18.4 Å². The number of halogens is 2. The maximum absolute atomic E-state index is 13.6. The molecule has 11 heteroatoms. The monoisotopic (exact) mass is 439 g/mol. The normalized spacial score (nSPS) is 11.4. The molecule has 0 spiro atoms. The van der Waals surface area contributed by atoms with Crippen molar-refractivity contribution in [2.45, 2.75) is 28.5 Å². The third-order valence-electron chi connectivity index (χ3n) is 3.66. The van der Waals surface area contributed by atoms with Crippen LogP contribution in [0.25, 0.3) is 0 Å². The van der Waals surface area contributed by atoms with Gasteiger partial charge in [0.15, 0.2) is 9.84 Å². The Hall–Kier alpha value is -2.79. The van der Waals surface area contributed by atoms with E-state index in [-0.39, 0.29) is 33.2 Å². The Labute approximate surface area is 169 Å². The first-order valence-electron chi connectivity index (χ1n) is 8.22. The molecule has 1 N–H and O–H groups in total. The van der Waals surface area contributed by atoms with E-state index in [0.717, 1.165) is 23.9 Å². The minimum Gasteiger partial charge on any atom is -0.415 e. The number of hydrogen-bond donors (Lipinski definition) is 1. The average molecular weight is 439 g/mol. The number of carbonyl (C=O) groups is 1. The van der Waals surface area contributed by atoms with Crippen LogP contribution in [0.3, 0.4) is 0 Å². The van der Waals surface area contributed by atoms with Crippen molar-refractivity contribution in [1.82, 2.24) is 10.2 Å². The van der Waals surface area contributed by atoms with Gasteiger partial charge in [-0.1, -0.05) is 17.8 Å². The summed E-state index contributed by atoms with van der Waals surface area (Å²) in [7, 11) is -3.74. The summed E-state index contributed by atoms with van der Waals surface area (Å²) in [5.74, 6) is -2.14. The van der Waals surface area contributed by atoms with Crippen LogP contribution < -0.4 is 5.32 Å². The topological polar surface area (TPSA) is 102 Å². The van der Waals surface area contributed by atoms with E-state index in [1.54, 1.807) is 0 Å². The highest BCUT2D eigenvalue weighted by Crippen LogP contribution is 2.25. The molecule has 0 saturated carbocycles. The zero-order valence-electron chi connectivity index (χ0n) is 15.1. The SMILES string of the molecule is CC(=O)Nc1ccc(S(=O)(=O)Cc2nnc(SCc3ccc(F)cc3F)o2)cc1. The number of amides is 1. The maximum Gasteiger partial charge on any atom is 0.276 e. The van der Waals surface area contributed by atoms with Gasteiger partial charge in [-0.2, -0.15) is 0 Å². The quantitative estimate of drug-likeness (QED) is 0.562. The average Bonchev–Trinajstić information content (AvgIpc) is 3.07. The molecule has 0 aliphatic rings. The van der Waals surface area contributed by atoms with Gasteiger partial charge in [0.2, 0.25) is 11.8 Å². The van der Waals surface area contributed by atoms with Gasteiger partial charge in [0, 0.05) is 24.4 Å². The lowest BCUT2D eigenvalue weighted by molar-refractivity contribution is -0.114. The number of sulfone groups is 1. The van der Waals surface area contributed by atoms with E-state index in [0.29, 0.717) is 5.69 Å². The summed E-state index contributed by atoms with van der Waals surface area (Å²) < 4.78 is 56.9. The maximum atomic E-state index is 13.6. The third-order valence-corrected chi connectivity index (χ3v) is 6.15. The fraction of sp³-hybridized carbons (Fsp3) is 0.167. The molecule has 1 aromatic heterocycles. The van der Waals surface area contributed by atoms with Gasteiger partial charge in [-0.05, 0) is 35.9 Å². The number of anilines is 1. The molecule has 0 aliphatic heterocycles. The Kier molecular flexibility index (Phi) is 6.28. The van der Waals surface area contributed by atoms with Crippen LogP contribution in [0.4, 0.5) is 14.5 Å². The molecule has 0 atom stereocenters. The number of hydrogen-bond acceptors (Lipinski definition) is 7. The van der Waals surface area contributed by atoms with Crippen LogP contribution >= 0.6 is 11.8 Å². The molecule has 7 nitrogen and oxygen atoms in total. The Morgan fingerprint density at radius 3 is 2.52 bits per heavy atom. The second-order valence-electron chi connectivity index (χ2n) is 5.95. The number of carbonyl (C=O) groups excluding carboxylic acids is 1. The lowest BCUT2D eigenvalue weighted by Gasteiger charge is -2.04. The molecule has 3 rings (SSSR count). The van der Waals surface area contributed by atoms with Crippen LogP contribution in [-0.4, -0.2) is 24.5 Å². The number of thioether (sulfide) groups is 1. The number of nitrogens with zero attached hydrogens (tertiary/aromatic N) is 2. The zero-order valence-corrected chi connectivity index (χ0v) is 16.7. The van der Waals surface area contributed by atoms with Crippen LogP contribution in [0.5, 0.6) is 0 Å². The minimum absolute atomic E-state index is 0.0346. The molecule has 152 valence electrons. The van der Waals surface area contributed by atoms with Gasteiger partial charge in [-0.15, -0.1) is 10.2 Å². The smallest absolute Gasteiger partial charge is 0.276 e. The minimum atomic E-state index is -3.74. The van der Waals surface area contributed by atoms with Crippen LogP contribution in [0.2, 0.25) is 0 Å². The van der Waals surface area contributed by atoms with Gasteiger partial charge in [0.05, 0.1) is 4.90 Å². The van der Waals surface area contributed by atoms with E-state index in [1.165, 1.54) is 37.3 Å². The summed E-state index contributed by atoms with van der Waals surface area (Å²) in [6, 6.07) is 8.90. The van der Waals surface area contributed by atoms with Crippen LogP contribution in [-0.2, 0) is 26.1 Å². The molecular formula is C18H15F2N3O4S2. The van der Waals surface area contributed by atoms with Crippen molar-refractivity contribution < 1.29 is 26.4 Å². The first-order valence-corrected chi connectivity index (χ1v) is 10.9. The molecule has 0 fully saturated rings. The molecule has 2 aromatic carbocycles. The highest BCUT2D eigenvalue weighted by molar-refractivity contribution is 7.98. The first-order chi connectivity index (χ1) is 13.7. The summed E-state index contributed by atoms with van der Waals surface area (Å²) in [6.07, 6.45) is 0. The van der Waals surface area contributed by atoms with Crippen molar-refractivity contribution in [2.24, 2.45) is 0 Å². The predicted molar refractivity (Wildman–Crippen MR) is 102 cm³/mol. The Balaban J connectivity index is 1.64. The molecule has 0 saturated heterocycles. The van der Waals surface area contributed by atoms with Gasteiger partial charge in [-0.25, -0.2) is 17.2 Å². The van der Waals surface area contributed by atoms with Gasteiger partial charge < -0.3 is 9.73 Å². The lowest BCUT2D eigenvalue weighted by atomic mass is 10.2. The standard InChI is InChI=1S/C18H15F2N3O4S2/c1-11(24)21-14-4-6-15(7-5-14)29(25,26)10-17-22-23-18(27-17)28-9-12-2-3-13(19)8-16(12)20/h2-8H,9-10H2,1H3,(H,21,24). The van der Waals surface area contributed by atoms with Crippen LogP contribution in [0, 0.1) is 11.6 Å². The Morgan fingerprint density at radius 2 is 1.86 bits per heavy atom. The molecule has 0 radical (unpaired) electrons. The summed E-state index contributed by atoms with van der Waals surface area (Å²) in [6.45, 7) is 1.35. The lowest BCUT2D eigenvalue weighted by Crippen LogP contribution is -2.07. The molecule has 0 unspecified atom stereocenters. The zero-order chi connectivity index (χ0) is 21.0. The van der Waals surface area contributed by atoms with E-state index in [1.807, 2.05) is 0 Å². The molecule has 1 amide bonds. The number of benzene rings is 2. The highest BCUT2D eigenvalue weighted by Gasteiger charge is 2.20. The van der Waals surface area contributed by atoms with E-state index in [9.17, 15) is 22.0 Å². The predicted octanol–water partition coefficient (Wildman–Crippen LogP) is 3.57. The summed E-state index contributed by atoms with van der Waals surface area (Å²) in [4.78, 5) is 11.1. The molecule has 0 aliphatic carbocycles. The van der Waals surface area contributed by atoms with Gasteiger partial charge in [0.1, 0.15) is 17.4 Å². The van der Waals surface area contributed by atoms with E-state index < -0.39 is 27.2 Å². The van der Waals surface area contributed by atoms with Gasteiger partial charge in [-0.3, -0.25) is 4.79 Å². The highest BCUT2D eigenvalue weighted by atomic mass is 32.2. The van der Waals surface area contributed by atoms with Crippen molar-refractivity contribution in [2.75, 3.05) is 5.32 Å².